The van der Waals surface area contributed by atoms with Crippen LogP contribution < -0.4 is 0 Å². The largest absolute Gasteiger partial charge is 0.374 e. The molecule has 0 aromatic rings. The topological polar surface area (TPSA) is 88.1 Å². The summed E-state index contributed by atoms with van der Waals surface area (Å²) in [6.07, 6.45) is -0.0712. The Hall–Kier alpha value is 0.530. The molecule has 0 rings (SSSR count). The predicted molar refractivity (Wildman–Crippen MR) is 71.9 cm³/mol. The maximum absolute atomic E-state index is 11.3. The summed E-state index contributed by atoms with van der Waals surface area (Å²) in [4.78, 5) is 0. The van der Waals surface area contributed by atoms with Crippen LogP contribution in [0.5, 0.6) is 0 Å². The Kier molecular flexibility index (Phi) is 12.9. The lowest BCUT2D eigenvalue weighted by atomic mass is 10.9. The smallest absolute Gasteiger partial charge is 0.320 e. The van der Waals surface area contributed by atoms with Crippen molar-refractivity contribution in [2.24, 2.45) is 0 Å². The first kappa shape index (κ1) is 18.5. The highest BCUT2D eigenvalue weighted by Gasteiger charge is 2.07. The molecule has 0 heterocycles. The van der Waals surface area contributed by atoms with Crippen molar-refractivity contribution in [3.63, 3.8) is 0 Å². The van der Waals surface area contributed by atoms with E-state index in [9.17, 15) is 13.7 Å². The van der Waals surface area contributed by atoms with E-state index in [-0.39, 0.29) is 25.4 Å². The van der Waals surface area contributed by atoms with Crippen LogP contribution >= 0.6 is 23.9 Å². The van der Waals surface area contributed by atoms with Gasteiger partial charge in [-0.25, -0.2) is 0 Å². The lowest BCUT2D eigenvalue weighted by Gasteiger charge is -2.06. The quantitative estimate of drug-likeness (QED) is 0.510. The molecule has 0 radical (unpaired) electrons. The van der Waals surface area contributed by atoms with Gasteiger partial charge in [0.05, 0.1) is 12.7 Å². The van der Waals surface area contributed by atoms with E-state index >= 15 is 0 Å². The Bertz CT molecular complexity index is 258. The molecule has 0 aliphatic carbocycles. The molecule has 0 aromatic heterocycles. The fourth-order valence-corrected chi connectivity index (χ4v) is 4.18. The van der Waals surface area contributed by atoms with Crippen molar-refractivity contribution in [2.75, 3.05) is 38.6 Å². The highest BCUT2D eigenvalue weighted by molar-refractivity contribution is 7.46. The first-order valence-electron chi connectivity index (χ1n) is 5.58. The minimum absolute atomic E-state index is 0.108. The van der Waals surface area contributed by atoms with Gasteiger partial charge in [-0.2, -0.15) is 0 Å². The Morgan fingerprint density at radius 3 is 1.44 bits per heavy atom. The third-order valence-corrected chi connectivity index (χ3v) is 4.96. The second-order valence-corrected chi connectivity index (χ2v) is 7.57. The molecule has 0 aliphatic rings. The number of hydrogen-bond acceptors (Lipinski definition) is 7. The molecule has 0 aromatic carbocycles. The van der Waals surface area contributed by atoms with Crippen LogP contribution in [0.4, 0.5) is 0 Å². The van der Waals surface area contributed by atoms with Gasteiger partial charge in [0.1, 0.15) is 28.3 Å². The van der Waals surface area contributed by atoms with E-state index in [0.717, 1.165) is 0 Å². The summed E-state index contributed by atoms with van der Waals surface area (Å²) in [5, 5.41) is 0. The molecular weight excluding hydrogens is 301 g/mol. The van der Waals surface area contributed by atoms with Gasteiger partial charge in [0.25, 0.3) is 0 Å². The number of rotatable bonds is 12. The van der Waals surface area contributed by atoms with E-state index in [0.29, 0.717) is 13.2 Å². The molecule has 18 heavy (non-hydrogen) atoms. The summed E-state index contributed by atoms with van der Waals surface area (Å²) >= 11 is 0. The van der Waals surface area contributed by atoms with Gasteiger partial charge in [0, 0.05) is 13.2 Å². The van der Waals surface area contributed by atoms with Gasteiger partial charge in [0.15, 0.2) is 0 Å². The van der Waals surface area contributed by atoms with Gasteiger partial charge < -0.3 is 27.7 Å². The molecule has 2 unspecified atom stereocenters. The van der Waals surface area contributed by atoms with Crippen molar-refractivity contribution in [3.8, 4) is 0 Å². The minimum Gasteiger partial charge on any atom is -0.374 e. The average molecular weight is 322 g/mol. The zero-order chi connectivity index (χ0) is 13.8. The maximum Gasteiger partial charge on any atom is 0.320 e. The molecule has 0 spiro atoms. The normalized spacial score (nSPS) is 16.3. The lowest BCUT2D eigenvalue weighted by molar-refractivity contribution is 0.189. The highest BCUT2D eigenvalue weighted by atomic mass is 31.1. The Morgan fingerprint density at radius 2 is 1.11 bits per heavy atom. The molecule has 0 saturated heterocycles. The highest BCUT2D eigenvalue weighted by Crippen LogP contribution is 2.34. The molecule has 0 fully saturated rings. The van der Waals surface area contributed by atoms with E-state index < -0.39 is 23.9 Å². The first-order valence-corrected chi connectivity index (χ1v) is 10.5. The van der Waals surface area contributed by atoms with Crippen molar-refractivity contribution >= 4 is 23.9 Å². The third kappa shape index (κ3) is 11.6. The van der Waals surface area contributed by atoms with Gasteiger partial charge >= 0.3 is 8.25 Å². The SMILES string of the molecule is CCOC[PH](=O)CO[PH](=O)OC[PH](=O)COCC. The summed E-state index contributed by atoms with van der Waals surface area (Å²) in [6.45, 7) is 4.53. The summed E-state index contributed by atoms with van der Waals surface area (Å²) in [6, 6.07) is 0. The minimum atomic E-state index is -2.74. The number of hydrogen-bond donors (Lipinski definition) is 0. The molecule has 0 amide bonds. The zero-order valence-electron chi connectivity index (χ0n) is 10.6. The molecule has 0 N–H and O–H groups in total. The molecular formula is C8H21O7P3. The molecule has 0 aliphatic heterocycles. The van der Waals surface area contributed by atoms with Crippen LogP contribution in [-0.2, 0) is 32.2 Å². The van der Waals surface area contributed by atoms with Crippen molar-refractivity contribution in [3.05, 3.63) is 0 Å². The second kappa shape index (κ2) is 12.6. The van der Waals surface area contributed by atoms with Crippen LogP contribution in [0.3, 0.4) is 0 Å². The fraction of sp³-hybridized carbons (Fsp3) is 1.00. The summed E-state index contributed by atoms with van der Waals surface area (Å²) in [5.41, 5.74) is 0. The van der Waals surface area contributed by atoms with E-state index in [1.54, 1.807) is 13.8 Å². The number of ether oxygens (including phenoxy) is 2. The average Bonchev–Trinajstić information content (AvgIpc) is 2.37. The van der Waals surface area contributed by atoms with Crippen LogP contribution in [0, 0.1) is 0 Å². The van der Waals surface area contributed by atoms with Crippen molar-refractivity contribution in [2.45, 2.75) is 13.8 Å². The maximum atomic E-state index is 11.3. The molecule has 2 atom stereocenters. The van der Waals surface area contributed by atoms with Gasteiger partial charge in [-0.1, -0.05) is 0 Å². The second-order valence-electron chi connectivity index (χ2n) is 3.18. The monoisotopic (exact) mass is 322 g/mol. The van der Waals surface area contributed by atoms with Gasteiger partial charge in [0.2, 0.25) is 0 Å². The third-order valence-electron chi connectivity index (χ3n) is 1.64. The van der Waals surface area contributed by atoms with Crippen LogP contribution in [0.25, 0.3) is 0 Å². The Morgan fingerprint density at radius 1 is 0.722 bits per heavy atom. The van der Waals surface area contributed by atoms with Crippen molar-refractivity contribution in [1.29, 1.82) is 0 Å². The first-order chi connectivity index (χ1) is 8.60. The van der Waals surface area contributed by atoms with Crippen LogP contribution in [0.1, 0.15) is 13.8 Å². The van der Waals surface area contributed by atoms with Gasteiger partial charge in [-0.05, 0) is 13.8 Å². The zero-order valence-corrected chi connectivity index (χ0v) is 13.6. The Labute approximate surface area is 109 Å². The Balaban J connectivity index is 3.59. The summed E-state index contributed by atoms with van der Waals surface area (Å²) in [7, 11) is -6.82. The van der Waals surface area contributed by atoms with Crippen LogP contribution in [0.2, 0.25) is 0 Å². The lowest BCUT2D eigenvalue weighted by Crippen LogP contribution is -1.93. The van der Waals surface area contributed by atoms with Crippen LogP contribution in [0.15, 0.2) is 0 Å². The molecule has 0 bridgehead atoms. The van der Waals surface area contributed by atoms with E-state index in [4.69, 9.17) is 18.5 Å². The molecule has 7 nitrogen and oxygen atoms in total. The van der Waals surface area contributed by atoms with Crippen molar-refractivity contribution < 1.29 is 32.2 Å². The van der Waals surface area contributed by atoms with Gasteiger partial charge in [-0.15, -0.1) is 0 Å². The standard InChI is InChI=1S/C8H21O7P3/c1-3-12-5-16(9)7-14-18(11)15-8-17(10)6-13-4-2/h16-18H,3-8H2,1-2H3. The van der Waals surface area contributed by atoms with Crippen LogP contribution in [-0.4, -0.2) is 38.6 Å². The van der Waals surface area contributed by atoms with Gasteiger partial charge in [-0.3, -0.25) is 4.57 Å². The van der Waals surface area contributed by atoms with E-state index in [1.165, 1.54) is 0 Å². The van der Waals surface area contributed by atoms with E-state index in [2.05, 4.69) is 0 Å². The molecule has 110 valence electrons. The predicted octanol–water partition coefficient (Wildman–Crippen LogP) is 2.43. The molecule has 10 heteroatoms. The van der Waals surface area contributed by atoms with E-state index in [1.807, 2.05) is 0 Å². The van der Waals surface area contributed by atoms with Crippen molar-refractivity contribution in [1.82, 2.24) is 0 Å². The summed E-state index contributed by atoms with van der Waals surface area (Å²) in [5.74, 6) is 0. The summed E-state index contributed by atoms with van der Waals surface area (Å²) < 4.78 is 53.1. The molecule has 0 saturated carbocycles. The fourth-order valence-electron chi connectivity index (χ4n) is 0.836.